The fourth-order valence-electron chi connectivity index (χ4n) is 4.93. The molecular formula is C16H18O2. The third-order valence-electron chi connectivity index (χ3n) is 5.63. The van der Waals surface area contributed by atoms with Gasteiger partial charge in [-0.25, -0.2) is 0 Å². The van der Waals surface area contributed by atoms with Gasteiger partial charge in [-0.15, -0.1) is 0 Å². The summed E-state index contributed by atoms with van der Waals surface area (Å²) in [5.41, 5.74) is 2.31. The fraction of sp³-hybridized carbons (Fsp3) is 0.562. The highest BCUT2D eigenvalue weighted by molar-refractivity contribution is 5.89. The first-order valence-electron chi connectivity index (χ1n) is 6.85. The zero-order chi connectivity index (χ0) is 12.5. The van der Waals surface area contributed by atoms with Crippen molar-refractivity contribution in [3.63, 3.8) is 0 Å². The maximum Gasteiger partial charge on any atom is 0.140 e. The van der Waals surface area contributed by atoms with Gasteiger partial charge in [0.2, 0.25) is 0 Å². The zero-order valence-electron chi connectivity index (χ0n) is 10.9. The average molecular weight is 242 g/mol. The van der Waals surface area contributed by atoms with Crippen LogP contribution in [0, 0.1) is 5.41 Å². The Bertz CT molecular complexity index is 511. The summed E-state index contributed by atoms with van der Waals surface area (Å²) in [7, 11) is 0. The molecule has 0 aromatic heterocycles. The molecule has 0 N–H and O–H groups in total. The molecule has 0 spiro atoms. The van der Waals surface area contributed by atoms with Crippen LogP contribution in [0.25, 0.3) is 0 Å². The molecule has 1 aliphatic heterocycles. The van der Waals surface area contributed by atoms with Crippen molar-refractivity contribution in [1.29, 1.82) is 0 Å². The van der Waals surface area contributed by atoms with E-state index in [0.717, 1.165) is 19.4 Å². The van der Waals surface area contributed by atoms with Gasteiger partial charge in [0.25, 0.3) is 0 Å². The number of ketones is 1. The van der Waals surface area contributed by atoms with Crippen molar-refractivity contribution in [2.24, 2.45) is 5.41 Å². The summed E-state index contributed by atoms with van der Waals surface area (Å²) in [6, 6.07) is 8.62. The molecule has 0 amide bonds. The van der Waals surface area contributed by atoms with Gasteiger partial charge < -0.3 is 4.74 Å². The minimum Gasteiger partial charge on any atom is -0.369 e. The first-order chi connectivity index (χ1) is 8.61. The molecule has 3 aliphatic rings. The van der Waals surface area contributed by atoms with Crippen molar-refractivity contribution in [1.82, 2.24) is 0 Å². The van der Waals surface area contributed by atoms with Crippen molar-refractivity contribution in [3.8, 4) is 0 Å². The second-order valence-corrected chi connectivity index (χ2v) is 6.26. The highest BCUT2D eigenvalue weighted by Gasteiger charge is 2.72. The fourth-order valence-corrected chi connectivity index (χ4v) is 4.93. The van der Waals surface area contributed by atoms with Gasteiger partial charge in [0.05, 0.1) is 12.0 Å². The van der Waals surface area contributed by atoms with Crippen molar-refractivity contribution in [2.75, 3.05) is 6.61 Å². The molecule has 94 valence electrons. The SMILES string of the molecule is CC(=O)C1([C@]2(C)CO2)[C@@H]2CC[C@H]1c1ccccc12. The Kier molecular flexibility index (Phi) is 1.82. The van der Waals surface area contributed by atoms with E-state index in [4.69, 9.17) is 4.74 Å². The summed E-state index contributed by atoms with van der Waals surface area (Å²) in [5.74, 6) is 1.08. The molecular weight excluding hydrogens is 224 g/mol. The minimum absolute atomic E-state index is 0.219. The lowest BCUT2D eigenvalue weighted by atomic mass is 9.64. The van der Waals surface area contributed by atoms with Crippen LogP contribution >= 0.6 is 0 Å². The zero-order valence-corrected chi connectivity index (χ0v) is 10.9. The van der Waals surface area contributed by atoms with Crippen LogP contribution in [0.15, 0.2) is 24.3 Å². The van der Waals surface area contributed by atoms with E-state index in [-0.39, 0.29) is 11.0 Å². The van der Waals surface area contributed by atoms with Crippen molar-refractivity contribution >= 4 is 5.78 Å². The molecule has 18 heavy (non-hydrogen) atoms. The van der Waals surface area contributed by atoms with Crippen LogP contribution in [-0.4, -0.2) is 18.0 Å². The molecule has 1 aromatic carbocycles. The van der Waals surface area contributed by atoms with E-state index < -0.39 is 0 Å². The Morgan fingerprint density at radius 3 is 2.11 bits per heavy atom. The first-order valence-corrected chi connectivity index (χ1v) is 6.85. The molecule has 0 radical (unpaired) electrons. The number of Topliss-reactive ketones (excluding diaryl/α,β-unsaturated/α-hetero) is 1. The molecule has 2 fully saturated rings. The molecule has 1 saturated heterocycles. The monoisotopic (exact) mass is 242 g/mol. The van der Waals surface area contributed by atoms with Gasteiger partial charge >= 0.3 is 0 Å². The van der Waals surface area contributed by atoms with Gasteiger partial charge in [-0.2, -0.15) is 0 Å². The number of hydrogen-bond donors (Lipinski definition) is 0. The van der Waals surface area contributed by atoms with Gasteiger partial charge in [-0.3, -0.25) is 4.79 Å². The number of fused-ring (bicyclic) bond motifs is 5. The topological polar surface area (TPSA) is 29.6 Å². The van der Waals surface area contributed by atoms with Gasteiger partial charge in [0, 0.05) is 11.8 Å². The standard InChI is InChI=1S/C16H18O2/c1-10(17)16(15(2)9-18-15)13-7-8-14(16)12-6-4-3-5-11(12)13/h3-6,13-14H,7-9H2,1-2H3/t13-,14+,15-,16?/m0/s1. The van der Waals surface area contributed by atoms with E-state index >= 15 is 0 Å². The van der Waals surface area contributed by atoms with E-state index in [9.17, 15) is 4.79 Å². The molecule has 4 atom stereocenters. The Balaban J connectivity index is 1.97. The van der Waals surface area contributed by atoms with E-state index in [1.165, 1.54) is 11.1 Å². The summed E-state index contributed by atoms with van der Waals surface area (Å²) < 4.78 is 5.74. The molecule has 1 heterocycles. The number of rotatable bonds is 2. The average Bonchev–Trinajstić information content (AvgIpc) is 2.91. The largest absolute Gasteiger partial charge is 0.369 e. The molecule has 2 nitrogen and oxygen atoms in total. The number of epoxide rings is 1. The van der Waals surface area contributed by atoms with Gasteiger partial charge in [0.1, 0.15) is 11.4 Å². The third kappa shape index (κ3) is 0.947. The first kappa shape index (κ1) is 10.7. The van der Waals surface area contributed by atoms with Crippen molar-refractivity contribution < 1.29 is 9.53 Å². The highest BCUT2D eigenvalue weighted by Crippen LogP contribution is 2.72. The lowest BCUT2D eigenvalue weighted by Crippen LogP contribution is -2.45. The van der Waals surface area contributed by atoms with Crippen LogP contribution in [0.4, 0.5) is 0 Å². The molecule has 1 saturated carbocycles. The number of hydrogen-bond acceptors (Lipinski definition) is 2. The lowest BCUT2D eigenvalue weighted by Gasteiger charge is -2.36. The summed E-state index contributed by atoms with van der Waals surface area (Å²) in [6.07, 6.45) is 2.28. The molecule has 2 aliphatic carbocycles. The van der Waals surface area contributed by atoms with Crippen LogP contribution in [0.2, 0.25) is 0 Å². The molecule has 2 heteroatoms. The van der Waals surface area contributed by atoms with Gasteiger partial charge in [-0.1, -0.05) is 24.3 Å². The Hall–Kier alpha value is -1.15. The second-order valence-electron chi connectivity index (χ2n) is 6.26. The maximum absolute atomic E-state index is 12.5. The van der Waals surface area contributed by atoms with Crippen LogP contribution in [0.1, 0.15) is 49.7 Å². The number of ether oxygens (including phenoxy) is 1. The summed E-state index contributed by atoms with van der Waals surface area (Å²) in [5, 5.41) is 0. The number of benzene rings is 1. The van der Waals surface area contributed by atoms with Crippen molar-refractivity contribution in [2.45, 2.75) is 44.1 Å². The van der Waals surface area contributed by atoms with Crippen LogP contribution < -0.4 is 0 Å². The Morgan fingerprint density at radius 2 is 1.72 bits per heavy atom. The van der Waals surface area contributed by atoms with E-state index in [1.807, 2.05) is 0 Å². The maximum atomic E-state index is 12.5. The predicted molar refractivity (Wildman–Crippen MR) is 68.6 cm³/mol. The smallest absolute Gasteiger partial charge is 0.140 e. The summed E-state index contributed by atoms with van der Waals surface area (Å²) in [4.78, 5) is 12.5. The third-order valence-corrected chi connectivity index (χ3v) is 5.63. The Labute approximate surface area is 107 Å². The molecule has 4 rings (SSSR count). The van der Waals surface area contributed by atoms with Crippen LogP contribution in [-0.2, 0) is 9.53 Å². The number of carbonyl (C=O) groups excluding carboxylic acids is 1. The predicted octanol–water partition coefficient (Wildman–Crippen LogP) is 3.03. The summed E-state index contributed by atoms with van der Waals surface area (Å²) >= 11 is 0. The van der Waals surface area contributed by atoms with Crippen LogP contribution in [0.3, 0.4) is 0 Å². The normalized spacial score (nSPS) is 43.9. The van der Waals surface area contributed by atoms with E-state index in [1.54, 1.807) is 6.92 Å². The van der Waals surface area contributed by atoms with Gasteiger partial charge in [0.15, 0.2) is 0 Å². The molecule has 1 unspecified atom stereocenters. The number of carbonyl (C=O) groups is 1. The molecule has 1 aromatic rings. The van der Waals surface area contributed by atoms with E-state index in [0.29, 0.717) is 17.6 Å². The Morgan fingerprint density at radius 1 is 1.22 bits per heavy atom. The second kappa shape index (κ2) is 3.05. The van der Waals surface area contributed by atoms with Gasteiger partial charge in [-0.05, 0) is 37.8 Å². The lowest BCUT2D eigenvalue weighted by molar-refractivity contribution is -0.131. The van der Waals surface area contributed by atoms with Crippen molar-refractivity contribution in [3.05, 3.63) is 35.4 Å². The summed E-state index contributed by atoms with van der Waals surface area (Å²) in [6.45, 7) is 4.64. The van der Waals surface area contributed by atoms with Crippen LogP contribution in [0.5, 0.6) is 0 Å². The highest BCUT2D eigenvalue weighted by atomic mass is 16.6. The van der Waals surface area contributed by atoms with E-state index in [2.05, 4.69) is 31.2 Å². The molecule has 2 bridgehead atoms. The quantitative estimate of drug-likeness (QED) is 0.746. The minimum atomic E-state index is -0.281.